The van der Waals surface area contributed by atoms with Crippen molar-refractivity contribution in [3.63, 3.8) is 0 Å². The van der Waals surface area contributed by atoms with Gasteiger partial charge in [-0.15, -0.1) is 0 Å². The van der Waals surface area contributed by atoms with E-state index in [9.17, 15) is 9.90 Å². The minimum atomic E-state index is -0.982. The molecule has 2 aromatic carbocycles. The van der Waals surface area contributed by atoms with Gasteiger partial charge >= 0.3 is 0 Å². The summed E-state index contributed by atoms with van der Waals surface area (Å²) in [5.74, 6) is -0.0515. The second-order valence-electron chi connectivity index (χ2n) is 7.71. The van der Waals surface area contributed by atoms with Gasteiger partial charge in [0.15, 0.2) is 0 Å². The predicted octanol–water partition coefficient (Wildman–Crippen LogP) is 3.53. The minimum Gasteiger partial charge on any atom is -0.383 e. The van der Waals surface area contributed by atoms with Crippen molar-refractivity contribution in [2.45, 2.75) is 32.8 Å². The predicted molar refractivity (Wildman–Crippen MR) is 109 cm³/mol. The van der Waals surface area contributed by atoms with E-state index in [1.54, 1.807) is 4.90 Å². The lowest BCUT2D eigenvalue weighted by Crippen LogP contribution is -2.34. The smallest absolute Gasteiger partial charge is 0.253 e. The van der Waals surface area contributed by atoms with Crippen LogP contribution in [0.2, 0.25) is 0 Å². The van der Waals surface area contributed by atoms with Crippen LogP contribution in [0.5, 0.6) is 0 Å². The summed E-state index contributed by atoms with van der Waals surface area (Å²) >= 11 is 0. The van der Waals surface area contributed by atoms with Crippen LogP contribution < -0.4 is 0 Å². The number of aliphatic hydroxyl groups is 1. The summed E-state index contributed by atoms with van der Waals surface area (Å²) in [6, 6.07) is 17.4. The Bertz CT molecular complexity index is 1020. The molecule has 2 heterocycles. The van der Waals surface area contributed by atoms with Crippen LogP contribution in [0.4, 0.5) is 0 Å². The summed E-state index contributed by atoms with van der Waals surface area (Å²) in [7, 11) is 0. The number of likely N-dealkylation sites (tertiary alicyclic amines) is 1. The van der Waals surface area contributed by atoms with Gasteiger partial charge in [0.2, 0.25) is 0 Å². The van der Waals surface area contributed by atoms with Gasteiger partial charge in [-0.2, -0.15) is 5.10 Å². The number of carbonyl (C=O) groups is 1. The van der Waals surface area contributed by atoms with Crippen molar-refractivity contribution in [1.82, 2.24) is 14.7 Å². The lowest BCUT2D eigenvalue weighted by atomic mass is 9.89. The molecule has 4 rings (SSSR count). The molecule has 0 aliphatic carbocycles. The third kappa shape index (κ3) is 3.22. The molecule has 0 saturated carbocycles. The fourth-order valence-electron chi connectivity index (χ4n) is 4.10. The van der Waals surface area contributed by atoms with E-state index < -0.39 is 5.60 Å². The Kier molecular flexibility index (Phi) is 4.55. The van der Waals surface area contributed by atoms with Crippen molar-refractivity contribution in [1.29, 1.82) is 0 Å². The number of hydrogen-bond acceptors (Lipinski definition) is 3. The summed E-state index contributed by atoms with van der Waals surface area (Å²) in [5, 5.41) is 15.6. The van der Waals surface area contributed by atoms with Gasteiger partial charge in [0.1, 0.15) is 5.60 Å². The van der Waals surface area contributed by atoms with Crippen LogP contribution in [0.25, 0.3) is 5.69 Å². The topological polar surface area (TPSA) is 58.4 Å². The second kappa shape index (κ2) is 6.91. The van der Waals surface area contributed by atoms with E-state index >= 15 is 0 Å². The Morgan fingerprint density at radius 1 is 1.07 bits per heavy atom. The zero-order valence-electron chi connectivity index (χ0n) is 16.5. The Morgan fingerprint density at radius 3 is 2.43 bits per heavy atom. The standard InChI is InChI=1S/C23H25N3O2/c1-16-6-4-5-7-21(16)23(28)12-13-25(15-23)22(27)19-8-10-20(11-9-19)26-18(3)14-17(2)24-26/h4-11,14,28H,12-13,15H2,1-3H3. The first kappa shape index (κ1) is 18.4. The first-order chi connectivity index (χ1) is 13.4. The molecule has 1 fully saturated rings. The normalized spacial score (nSPS) is 19.2. The molecule has 1 aromatic heterocycles. The highest BCUT2D eigenvalue weighted by molar-refractivity contribution is 5.94. The third-order valence-electron chi connectivity index (χ3n) is 5.55. The molecule has 0 radical (unpaired) electrons. The number of hydrogen-bond donors (Lipinski definition) is 1. The van der Waals surface area contributed by atoms with E-state index in [0.717, 1.165) is 28.2 Å². The molecule has 1 saturated heterocycles. The van der Waals surface area contributed by atoms with Crippen LogP contribution in [0.1, 0.15) is 39.3 Å². The molecule has 1 aliphatic heterocycles. The quantitative estimate of drug-likeness (QED) is 0.762. The van der Waals surface area contributed by atoms with Crippen molar-refractivity contribution in [2.24, 2.45) is 0 Å². The van der Waals surface area contributed by atoms with E-state index in [-0.39, 0.29) is 5.91 Å². The van der Waals surface area contributed by atoms with Gasteiger partial charge in [0.05, 0.1) is 17.9 Å². The molecule has 5 nitrogen and oxygen atoms in total. The molecule has 3 aromatic rings. The van der Waals surface area contributed by atoms with Crippen molar-refractivity contribution in [2.75, 3.05) is 13.1 Å². The van der Waals surface area contributed by atoms with Crippen molar-refractivity contribution >= 4 is 5.91 Å². The lowest BCUT2D eigenvalue weighted by molar-refractivity contribution is 0.0412. The van der Waals surface area contributed by atoms with Gasteiger partial charge in [-0.05, 0) is 68.7 Å². The van der Waals surface area contributed by atoms with Gasteiger partial charge in [-0.3, -0.25) is 4.79 Å². The van der Waals surface area contributed by atoms with Crippen LogP contribution >= 0.6 is 0 Å². The van der Waals surface area contributed by atoms with Crippen LogP contribution in [0.3, 0.4) is 0 Å². The molecule has 1 atom stereocenters. The van der Waals surface area contributed by atoms with Gasteiger partial charge < -0.3 is 10.0 Å². The highest BCUT2D eigenvalue weighted by Crippen LogP contribution is 2.34. The van der Waals surface area contributed by atoms with Crippen molar-refractivity contribution in [3.05, 3.63) is 82.7 Å². The highest BCUT2D eigenvalue weighted by Gasteiger charge is 2.40. The molecule has 1 N–H and O–H groups in total. The molecule has 28 heavy (non-hydrogen) atoms. The monoisotopic (exact) mass is 375 g/mol. The molecule has 1 amide bonds. The van der Waals surface area contributed by atoms with Crippen LogP contribution in [-0.4, -0.2) is 38.8 Å². The Hall–Kier alpha value is -2.92. The molecule has 144 valence electrons. The maximum absolute atomic E-state index is 13.0. The van der Waals surface area contributed by atoms with E-state index in [1.807, 2.05) is 80.1 Å². The van der Waals surface area contributed by atoms with E-state index in [1.165, 1.54) is 0 Å². The van der Waals surface area contributed by atoms with Crippen molar-refractivity contribution < 1.29 is 9.90 Å². The minimum absolute atomic E-state index is 0.0515. The largest absolute Gasteiger partial charge is 0.383 e. The van der Waals surface area contributed by atoms with E-state index in [2.05, 4.69) is 5.10 Å². The Labute approximate surface area is 165 Å². The maximum atomic E-state index is 13.0. The second-order valence-corrected chi connectivity index (χ2v) is 7.71. The first-order valence-corrected chi connectivity index (χ1v) is 9.59. The number of β-amino-alcohol motifs (C(OH)–C–C–N with tert-alkyl or cyclic N) is 1. The molecule has 0 spiro atoms. The van der Waals surface area contributed by atoms with Gasteiger partial charge in [0, 0.05) is 17.8 Å². The number of benzene rings is 2. The van der Waals surface area contributed by atoms with Crippen molar-refractivity contribution in [3.8, 4) is 5.69 Å². The fraction of sp³-hybridized carbons (Fsp3) is 0.304. The fourth-order valence-corrected chi connectivity index (χ4v) is 4.10. The van der Waals surface area contributed by atoms with Crippen LogP contribution in [0, 0.1) is 20.8 Å². The summed E-state index contributed by atoms with van der Waals surface area (Å²) in [6.07, 6.45) is 0.549. The molecule has 5 heteroatoms. The number of aromatic nitrogens is 2. The van der Waals surface area contributed by atoms with Crippen LogP contribution in [0.15, 0.2) is 54.6 Å². The average Bonchev–Trinajstić information content (AvgIpc) is 3.24. The molecule has 0 bridgehead atoms. The number of rotatable bonds is 3. The summed E-state index contributed by atoms with van der Waals surface area (Å²) < 4.78 is 1.87. The number of amides is 1. The number of nitrogens with zero attached hydrogens (tertiary/aromatic N) is 3. The third-order valence-corrected chi connectivity index (χ3v) is 5.55. The van der Waals surface area contributed by atoms with E-state index in [4.69, 9.17) is 0 Å². The first-order valence-electron chi connectivity index (χ1n) is 9.59. The Morgan fingerprint density at radius 2 is 1.79 bits per heavy atom. The van der Waals surface area contributed by atoms with Gasteiger partial charge in [0.25, 0.3) is 5.91 Å². The number of carbonyl (C=O) groups excluding carboxylic acids is 1. The average molecular weight is 375 g/mol. The Balaban J connectivity index is 1.53. The summed E-state index contributed by atoms with van der Waals surface area (Å²) in [6.45, 7) is 6.83. The summed E-state index contributed by atoms with van der Waals surface area (Å²) in [4.78, 5) is 14.7. The molecule has 1 aliphatic rings. The lowest BCUT2D eigenvalue weighted by Gasteiger charge is -2.25. The highest BCUT2D eigenvalue weighted by atomic mass is 16.3. The SMILES string of the molecule is Cc1cc(C)n(-c2ccc(C(=O)N3CCC(O)(c4ccccc4C)C3)cc2)n1. The number of aryl methyl sites for hydroxylation is 3. The molecular formula is C23H25N3O2. The molecular weight excluding hydrogens is 350 g/mol. The van der Waals surface area contributed by atoms with Crippen LogP contribution in [-0.2, 0) is 5.60 Å². The van der Waals surface area contributed by atoms with Gasteiger partial charge in [-0.1, -0.05) is 24.3 Å². The van der Waals surface area contributed by atoms with Gasteiger partial charge in [-0.25, -0.2) is 4.68 Å². The zero-order valence-corrected chi connectivity index (χ0v) is 16.5. The maximum Gasteiger partial charge on any atom is 0.253 e. The zero-order chi connectivity index (χ0) is 19.9. The van der Waals surface area contributed by atoms with E-state index in [0.29, 0.717) is 25.1 Å². The summed E-state index contributed by atoms with van der Waals surface area (Å²) in [5.41, 5.74) is 4.55. The molecule has 1 unspecified atom stereocenters.